The van der Waals surface area contributed by atoms with Crippen molar-refractivity contribution in [2.75, 3.05) is 7.11 Å². The van der Waals surface area contributed by atoms with Crippen LogP contribution in [-0.2, 0) is 0 Å². The van der Waals surface area contributed by atoms with E-state index in [0.29, 0.717) is 4.47 Å². The van der Waals surface area contributed by atoms with Crippen molar-refractivity contribution in [2.24, 2.45) is 5.73 Å². The lowest BCUT2D eigenvalue weighted by Crippen LogP contribution is -2.26. The summed E-state index contributed by atoms with van der Waals surface area (Å²) in [5.74, 6) is -0.815. The Hall–Kier alpha value is -0.940. The maximum atomic E-state index is 13.4. The van der Waals surface area contributed by atoms with Gasteiger partial charge in [-0.3, -0.25) is 4.79 Å². The number of rotatable bonds is 3. The van der Waals surface area contributed by atoms with Gasteiger partial charge in [-0.05, 0) is 35.0 Å². The predicted octanol–water partition coefficient (Wildman–Crippen LogP) is 2.13. The fraction of sp³-hybridized carbons (Fsp3) is 0.300. The predicted molar refractivity (Wildman–Crippen MR) is 58.6 cm³/mol. The molecule has 0 amide bonds. The monoisotopic (exact) mass is 275 g/mol. The molecule has 3 nitrogen and oxygen atoms in total. The zero-order valence-electron chi connectivity index (χ0n) is 8.38. The van der Waals surface area contributed by atoms with Gasteiger partial charge in [0.25, 0.3) is 0 Å². The van der Waals surface area contributed by atoms with Gasteiger partial charge in [0.1, 0.15) is 0 Å². The van der Waals surface area contributed by atoms with E-state index < -0.39 is 11.9 Å². The number of halogens is 2. The Kier molecular flexibility index (Phi) is 3.82. The Balaban J connectivity index is 3.20. The topological polar surface area (TPSA) is 52.3 Å². The van der Waals surface area contributed by atoms with E-state index in [4.69, 9.17) is 10.5 Å². The molecule has 0 aliphatic carbocycles. The molecule has 0 spiro atoms. The third-order valence-corrected chi connectivity index (χ3v) is 2.49. The van der Waals surface area contributed by atoms with Crippen molar-refractivity contribution in [1.82, 2.24) is 0 Å². The van der Waals surface area contributed by atoms with Gasteiger partial charge in [-0.2, -0.15) is 0 Å². The molecule has 1 rings (SSSR count). The third-order valence-electron chi connectivity index (χ3n) is 1.90. The average Bonchev–Trinajstić information content (AvgIpc) is 2.15. The van der Waals surface area contributed by atoms with Crippen LogP contribution in [0.5, 0.6) is 5.75 Å². The Morgan fingerprint density at radius 1 is 1.60 bits per heavy atom. The first kappa shape index (κ1) is 12.1. The third kappa shape index (κ3) is 2.54. The molecule has 1 aromatic rings. The SMILES string of the molecule is COc1c(F)cc(C(=O)C(C)N)cc1Br. The minimum atomic E-state index is -0.648. The van der Waals surface area contributed by atoms with E-state index in [0.717, 1.165) is 6.07 Å². The first-order valence-electron chi connectivity index (χ1n) is 4.30. The molecule has 15 heavy (non-hydrogen) atoms. The van der Waals surface area contributed by atoms with Crippen LogP contribution < -0.4 is 10.5 Å². The standard InChI is InChI=1S/C10H11BrFNO2/c1-5(13)9(14)6-3-7(11)10(15-2)8(12)4-6/h3-5H,13H2,1-2H3. The van der Waals surface area contributed by atoms with E-state index in [9.17, 15) is 9.18 Å². The van der Waals surface area contributed by atoms with Gasteiger partial charge < -0.3 is 10.5 Å². The molecule has 1 unspecified atom stereocenters. The Labute approximate surface area is 95.5 Å². The lowest BCUT2D eigenvalue weighted by molar-refractivity contribution is 0.0967. The first-order valence-corrected chi connectivity index (χ1v) is 5.09. The lowest BCUT2D eigenvalue weighted by Gasteiger charge is -2.08. The van der Waals surface area contributed by atoms with Crippen molar-refractivity contribution in [2.45, 2.75) is 13.0 Å². The van der Waals surface area contributed by atoms with Crippen molar-refractivity contribution >= 4 is 21.7 Å². The molecule has 0 aromatic heterocycles. The number of ketones is 1. The molecule has 0 bridgehead atoms. The van der Waals surface area contributed by atoms with Crippen molar-refractivity contribution in [3.8, 4) is 5.75 Å². The zero-order valence-corrected chi connectivity index (χ0v) is 9.97. The number of Topliss-reactive ketones (excluding diaryl/α,β-unsaturated/α-hetero) is 1. The molecule has 0 heterocycles. The summed E-state index contributed by atoms with van der Waals surface area (Å²) in [7, 11) is 1.36. The zero-order chi connectivity index (χ0) is 11.6. The highest BCUT2D eigenvalue weighted by Crippen LogP contribution is 2.29. The molecule has 2 N–H and O–H groups in total. The molecular formula is C10H11BrFNO2. The summed E-state index contributed by atoms with van der Waals surface area (Å²) < 4.78 is 18.6. The molecule has 0 fully saturated rings. The van der Waals surface area contributed by atoms with E-state index in [1.54, 1.807) is 6.92 Å². The van der Waals surface area contributed by atoms with E-state index in [2.05, 4.69) is 15.9 Å². The molecule has 0 saturated carbocycles. The number of benzene rings is 1. The molecule has 0 aliphatic rings. The quantitative estimate of drug-likeness (QED) is 0.860. The van der Waals surface area contributed by atoms with Crippen LogP contribution in [0.4, 0.5) is 4.39 Å². The number of nitrogens with two attached hydrogens (primary N) is 1. The average molecular weight is 276 g/mol. The van der Waals surface area contributed by atoms with Crippen LogP contribution in [-0.4, -0.2) is 18.9 Å². The van der Waals surface area contributed by atoms with Gasteiger partial charge in [0.05, 0.1) is 17.6 Å². The summed E-state index contributed by atoms with van der Waals surface area (Å²) >= 11 is 3.12. The van der Waals surface area contributed by atoms with Gasteiger partial charge in [-0.25, -0.2) is 4.39 Å². The van der Waals surface area contributed by atoms with Crippen LogP contribution in [0.2, 0.25) is 0 Å². The second-order valence-corrected chi connectivity index (χ2v) is 3.98. The molecule has 1 aromatic carbocycles. The van der Waals surface area contributed by atoms with Gasteiger partial charge in [0, 0.05) is 5.56 Å². The number of hydrogen-bond donors (Lipinski definition) is 1. The smallest absolute Gasteiger partial charge is 0.179 e. The molecule has 0 radical (unpaired) electrons. The Morgan fingerprint density at radius 3 is 2.60 bits per heavy atom. The lowest BCUT2D eigenvalue weighted by atomic mass is 10.1. The van der Waals surface area contributed by atoms with E-state index >= 15 is 0 Å². The number of carbonyl (C=O) groups excluding carboxylic acids is 1. The fourth-order valence-electron chi connectivity index (χ4n) is 1.16. The minimum absolute atomic E-state index is 0.0798. The molecule has 82 valence electrons. The second kappa shape index (κ2) is 4.72. The van der Waals surface area contributed by atoms with Crippen LogP contribution in [0, 0.1) is 5.82 Å². The van der Waals surface area contributed by atoms with Crippen molar-refractivity contribution in [3.63, 3.8) is 0 Å². The highest BCUT2D eigenvalue weighted by Gasteiger charge is 2.16. The van der Waals surface area contributed by atoms with Gasteiger partial charge in [-0.15, -0.1) is 0 Å². The molecule has 1 atom stereocenters. The highest BCUT2D eigenvalue weighted by atomic mass is 79.9. The van der Waals surface area contributed by atoms with Crippen molar-refractivity contribution in [1.29, 1.82) is 0 Å². The maximum absolute atomic E-state index is 13.4. The van der Waals surface area contributed by atoms with Crippen LogP contribution in [0.3, 0.4) is 0 Å². The van der Waals surface area contributed by atoms with E-state index in [1.807, 2.05) is 0 Å². The van der Waals surface area contributed by atoms with Crippen LogP contribution in [0.1, 0.15) is 17.3 Å². The van der Waals surface area contributed by atoms with Gasteiger partial charge in [0.2, 0.25) is 0 Å². The normalized spacial score (nSPS) is 12.3. The summed E-state index contributed by atoms with van der Waals surface area (Å²) in [6, 6.07) is 1.97. The van der Waals surface area contributed by atoms with Crippen molar-refractivity contribution in [3.05, 3.63) is 28.0 Å². The summed E-state index contributed by atoms with van der Waals surface area (Å²) in [5.41, 5.74) is 5.65. The van der Waals surface area contributed by atoms with Crippen LogP contribution in [0.25, 0.3) is 0 Å². The minimum Gasteiger partial charge on any atom is -0.492 e. The summed E-state index contributed by atoms with van der Waals surface area (Å²) in [5, 5.41) is 0. The van der Waals surface area contributed by atoms with Gasteiger partial charge in [0.15, 0.2) is 17.3 Å². The number of ether oxygens (including phenoxy) is 1. The summed E-state index contributed by atoms with van der Waals surface area (Å²) in [6.07, 6.45) is 0. The van der Waals surface area contributed by atoms with Crippen LogP contribution in [0.15, 0.2) is 16.6 Å². The van der Waals surface area contributed by atoms with Crippen molar-refractivity contribution < 1.29 is 13.9 Å². The highest BCUT2D eigenvalue weighted by molar-refractivity contribution is 9.10. The largest absolute Gasteiger partial charge is 0.492 e. The molecule has 0 aliphatic heterocycles. The van der Waals surface area contributed by atoms with E-state index in [1.165, 1.54) is 13.2 Å². The molecular weight excluding hydrogens is 265 g/mol. The number of hydrogen-bond acceptors (Lipinski definition) is 3. The van der Waals surface area contributed by atoms with Crippen LogP contribution >= 0.6 is 15.9 Å². The second-order valence-electron chi connectivity index (χ2n) is 3.13. The Morgan fingerprint density at radius 2 is 2.20 bits per heavy atom. The first-order chi connectivity index (χ1) is 6.97. The summed E-state index contributed by atoms with van der Waals surface area (Å²) in [6.45, 7) is 1.55. The summed E-state index contributed by atoms with van der Waals surface area (Å²) in [4.78, 5) is 11.5. The number of methoxy groups -OCH3 is 1. The molecule has 5 heteroatoms. The maximum Gasteiger partial charge on any atom is 0.179 e. The fourth-order valence-corrected chi connectivity index (χ4v) is 1.76. The molecule has 0 saturated heterocycles. The number of carbonyl (C=O) groups is 1. The van der Waals surface area contributed by atoms with Gasteiger partial charge in [-0.1, -0.05) is 0 Å². The van der Waals surface area contributed by atoms with E-state index in [-0.39, 0.29) is 17.1 Å². The van der Waals surface area contributed by atoms with Gasteiger partial charge >= 0.3 is 0 Å². The Bertz CT molecular complexity index is 370.